The lowest BCUT2D eigenvalue weighted by atomic mass is 10.1. The van der Waals surface area contributed by atoms with E-state index >= 15 is 0 Å². The van der Waals surface area contributed by atoms with Crippen LogP contribution in [0.25, 0.3) is 0 Å². The minimum Gasteiger partial charge on any atom is -0.486 e. The molecular formula is C30H33ClFN3O6S. The number of benzene rings is 3. The Kier molecular flexibility index (Phi) is 9.95. The van der Waals surface area contributed by atoms with Crippen molar-refractivity contribution < 1.29 is 31.9 Å². The number of carbonyl (C=O) groups excluding carboxylic acids is 2. The lowest BCUT2D eigenvalue weighted by molar-refractivity contribution is -0.139. The molecule has 224 valence electrons. The number of fused-ring (bicyclic) bond motifs is 1. The van der Waals surface area contributed by atoms with Gasteiger partial charge < -0.3 is 19.7 Å². The highest BCUT2D eigenvalue weighted by atomic mass is 35.5. The summed E-state index contributed by atoms with van der Waals surface area (Å²) >= 11 is 6.04. The van der Waals surface area contributed by atoms with E-state index < -0.39 is 34.3 Å². The second-order valence-corrected chi connectivity index (χ2v) is 12.2. The van der Waals surface area contributed by atoms with Crippen molar-refractivity contribution in [2.45, 2.75) is 50.7 Å². The zero-order valence-electron chi connectivity index (χ0n) is 23.5. The fourth-order valence-corrected chi connectivity index (χ4v) is 5.84. The topological polar surface area (TPSA) is 105 Å². The van der Waals surface area contributed by atoms with Crippen LogP contribution >= 0.6 is 11.6 Å². The lowest BCUT2D eigenvalue weighted by Gasteiger charge is -2.32. The molecule has 0 radical (unpaired) electrons. The molecule has 12 heteroatoms. The Morgan fingerprint density at radius 2 is 1.62 bits per heavy atom. The van der Waals surface area contributed by atoms with Gasteiger partial charge in [0.25, 0.3) is 10.0 Å². The molecule has 0 fully saturated rings. The van der Waals surface area contributed by atoms with Crippen molar-refractivity contribution in [3.8, 4) is 11.5 Å². The van der Waals surface area contributed by atoms with Crippen LogP contribution in [0.15, 0.2) is 71.6 Å². The van der Waals surface area contributed by atoms with E-state index in [1.54, 1.807) is 31.2 Å². The van der Waals surface area contributed by atoms with Gasteiger partial charge >= 0.3 is 0 Å². The summed E-state index contributed by atoms with van der Waals surface area (Å²) in [5, 5.41) is 3.39. The van der Waals surface area contributed by atoms with Crippen molar-refractivity contribution in [3.63, 3.8) is 0 Å². The minimum absolute atomic E-state index is 0.0203. The van der Waals surface area contributed by atoms with Crippen LogP contribution in [0.5, 0.6) is 11.5 Å². The monoisotopic (exact) mass is 617 g/mol. The fraction of sp³-hybridized carbons (Fsp3) is 0.333. The molecule has 0 saturated carbocycles. The first-order chi connectivity index (χ1) is 20.0. The summed E-state index contributed by atoms with van der Waals surface area (Å²) in [5.41, 5.74) is 0.766. The van der Waals surface area contributed by atoms with Crippen molar-refractivity contribution in [1.29, 1.82) is 0 Å². The van der Waals surface area contributed by atoms with Crippen LogP contribution in [0, 0.1) is 5.82 Å². The molecule has 1 aliphatic rings. The molecule has 1 aliphatic heterocycles. The van der Waals surface area contributed by atoms with Crippen molar-refractivity contribution in [3.05, 3.63) is 83.1 Å². The summed E-state index contributed by atoms with van der Waals surface area (Å²) in [6.07, 6.45) is 0.690. The van der Waals surface area contributed by atoms with Crippen LogP contribution in [0.4, 0.5) is 10.1 Å². The molecule has 2 amide bonds. The zero-order valence-corrected chi connectivity index (χ0v) is 25.1. The first kappa shape index (κ1) is 31.1. The van der Waals surface area contributed by atoms with E-state index in [9.17, 15) is 22.4 Å². The van der Waals surface area contributed by atoms with Crippen LogP contribution in [0.1, 0.15) is 32.8 Å². The van der Waals surface area contributed by atoms with Gasteiger partial charge in [-0.2, -0.15) is 0 Å². The van der Waals surface area contributed by atoms with Crippen LogP contribution < -0.4 is 19.1 Å². The van der Waals surface area contributed by atoms with E-state index in [1.807, 2.05) is 13.8 Å². The number of hydrogen-bond donors (Lipinski definition) is 1. The number of anilines is 1. The Hall–Kier alpha value is -3.83. The Bertz CT molecular complexity index is 1520. The number of nitrogens with zero attached hydrogens (tertiary/aromatic N) is 2. The Balaban J connectivity index is 1.71. The largest absolute Gasteiger partial charge is 0.486 e. The third kappa shape index (κ3) is 7.32. The van der Waals surface area contributed by atoms with E-state index in [2.05, 4.69) is 5.32 Å². The second-order valence-electron chi connectivity index (χ2n) is 9.94. The van der Waals surface area contributed by atoms with Crippen LogP contribution in [-0.2, 0) is 26.2 Å². The predicted molar refractivity (Wildman–Crippen MR) is 158 cm³/mol. The number of rotatable bonds is 11. The molecular weight excluding hydrogens is 585 g/mol. The van der Waals surface area contributed by atoms with Gasteiger partial charge in [0.05, 0.1) is 10.6 Å². The SMILES string of the molecule is CC[C@H](C)NC(=O)[C@@H](C)N(Cc1ccc(Cl)cc1)C(=O)CN(c1ccc(F)cc1)S(=O)(=O)c1ccc2c(c1)OCCO2. The van der Waals surface area contributed by atoms with Gasteiger partial charge in [-0.3, -0.25) is 13.9 Å². The summed E-state index contributed by atoms with van der Waals surface area (Å²) in [6, 6.07) is 14.7. The second kappa shape index (κ2) is 13.4. The van der Waals surface area contributed by atoms with E-state index in [0.717, 1.165) is 16.4 Å². The zero-order chi connectivity index (χ0) is 30.4. The van der Waals surface area contributed by atoms with Gasteiger partial charge in [0.15, 0.2) is 11.5 Å². The summed E-state index contributed by atoms with van der Waals surface area (Å²) in [5.74, 6) is -0.925. The Labute approximate surface area is 250 Å². The summed E-state index contributed by atoms with van der Waals surface area (Å²) < 4.78 is 53.8. The molecule has 42 heavy (non-hydrogen) atoms. The third-order valence-electron chi connectivity index (χ3n) is 6.93. The fourth-order valence-electron chi connectivity index (χ4n) is 4.28. The van der Waals surface area contributed by atoms with E-state index in [1.165, 1.54) is 35.2 Å². The average Bonchev–Trinajstić information content (AvgIpc) is 2.99. The smallest absolute Gasteiger partial charge is 0.264 e. The van der Waals surface area contributed by atoms with Gasteiger partial charge in [-0.05, 0) is 74.4 Å². The highest BCUT2D eigenvalue weighted by Crippen LogP contribution is 2.34. The highest BCUT2D eigenvalue weighted by molar-refractivity contribution is 7.92. The van der Waals surface area contributed by atoms with Crippen LogP contribution in [0.2, 0.25) is 5.02 Å². The van der Waals surface area contributed by atoms with Gasteiger partial charge in [-0.1, -0.05) is 30.7 Å². The number of nitrogens with one attached hydrogen (secondary N) is 1. The number of sulfonamides is 1. The maximum atomic E-state index is 14.0. The van der Waals surface area contributed by atoms with Gasteiger partial charge in [0.2, 0.25) is 11.8 Å². The molecule has 4 rings (SSSR count). The van der Waals surface area contributed by atoms with Crippen molar-refractivity contribution in [2.24, 2.45) is 0 Å². The molecule has 2 atom stereocenters. The molecule has 0 spiro atoms. The predicted octanol–water partition coefficient (Wildman–Crippen LogP) is 4.78. The maximum absolute atomic E-state index is 14.0. The first-order valence-electron chi connectivity index (χ1n) is 13.5. The highest BCUT2D eigenvalue weighted by Gasteiger charge is 2.33. The summed E-state index contributed by atoms with van der Waals surface area (Å²) in [4.78, 5) is 28.3. The first-order valence-corrected chi connectivity index (χ1v) is 15.3. The molecule has 1 heterocycles. The molecule has 0 bridgehead atoms. The van der Waals surface area contributed by atoms with Gasteiger partial charge in [-0.15, -0.1) is 0 Å². The molecule has 0 aromatic heterocycles. The van der Waals surface area contributed by atoms with Gasteiger partial charge in [0, 0.05) is 23.7 Å². The van der Waals surface area contributed by atoms with E-state index in [-0.39, 0.29) is 41.4 Å². The third-order valence-corrected chi connectivity index (χ3v) is 8.95. The molecule has 1 N–H and O–H groups in total. The van der Waals surface area contributed by atoms with Gasteiger partial charge in [0.1, 0.15) is 31.6 Å². The number of hydrogen-bond acceptors (Lipinski definition) is 6. The summed E-state index contributed by atoms with van der Waals surface area (Å²) in [6.45, 7) is 5.32. The standard InChI is InChI=1S/C30H33ClFN3O6S/c1-4-20(2)33-30(37)21(3)34(18-22-5-7-23(31)8-6-22)29(36)19-35(25-11-9-24(32)10-12-25)42(38,39)26-13-14-27-28(17-26)41-16-15-40-27/h5-14,17,20-21H,4,15-16,18-19H2,1-3H3,(H,33,37)/t20-,21+/m0/s1. The Morgan fingerprint density at radius 1 is 0.976 bits per heavy atom. The molecule has 0 unspecified atom stereocenters. The van der Waals surface area contributed by atoms with Crippen molar-refractivity contribution in [1.82, 2.24) is 10.2 Å². The normalized spacial score (nSPS) is 14.0. The number of halogens is 2. The van der Waals surface area contributed by atoms with Crippen LogP contribution in [0.3, 0.4) is 0 Å². The van der Waals surface area contributed by atoms with Crippen LogP contribution in [-0.4, -0.2) is 57.0 Å². The molecule has 3 aromatic rings. The maximum Gasteiger partial charge on any atom is 0.264 e. The minimum atomic E-state index is -4.37. The van der Waals surface area contributed by atoms with Gasteiger partial charge in [-0.25, -0.2) is 12.8 Å². The number of ether oxygens (including phenoxy) is 2. The van der Waals surface area contributed by atoms with Crippen molar-refractivity contribution in [2.75, 3.05) is 24.1 Å². The molecule has 0 saturated heterocycles. The molecule has 3 aromatic carbocycles. The number of carbonyl (C=O) groups is 2. The molecule has 0 aliphatic carbocycles. The van der Waals surface area contributed by atoms with Crippen molar-refractivity contribution >= 4 is 39.1 Å². The number of amides is 2. The van der Waals surface area contributed by atoms with E-state index in [4.69, 9.17) is 21.1 Å². The summed E-state index contributed by atoms with van der Waals surface area (Å²) in [7, 11) is -4.37. The average molecular weight is 618 g/mol. The Morgan fingerprint density at radius 3 is 2.26 bits per heavy atom. The quantitative estimate of drug-likeness (QED) is 0.332. The van der Waals surface area contributed by atoms with E-state index in [0.29, 0.717) is 29.4 Å². The lowest BCUT2D eigenvalue weighted by Crippen LogP contribution is -2.52. The molecule has 9 nitrogen and oxygen atoms in total.